The lowest BCUT2D eigenvalue weighted by atomic mass is 9.71. The summed E-state index contributed by atoms with van der Waals surface area (Å²) in [6.45, 7) is 30.0. The van der Waals surface area contributed by atoms with Gasteiger partial charge in [-0.3, -0.25) is 14.4 Å². The fourth-order valence-electron chi connectivity index (χ4n) is 6.83. The number of hydrogen-bond donors (Lipinski definition) is 1. The number of Topliss-reactive ketones (excluding diaryl/α,β-unsaturated/α-hetero) is 2. The first kappa shape index (κ1) is 45.5. The number of fused-ring (bicyclic) bond motifs is 1. The summed E-state index contributed by atoms with van der Waals surface area (Å²) >= 11 is 0. The number of carbonyl (C=O) groups is 3. The van der Waals surface area contributed by atoms with Crippen LogP contribution < -0.4 is 0 Å². The maximum absolute atomic E-state index is 12.4. The second kappa shape index (κ2) is 19.9. The van der Waals surface area contributed by atoms with Crippen molar-refractivity contribution in [1.82, 2.24) is 4.98 Å². The monoisotopic (exact) mass is 698 g/mol. The molecule has 2 aliphatic rings. The van der Waals surface area contributed by atoms with Crippen molar-refractivity contribution in [3.8, 4) is 0 Å². The number of carboxylic acid groups (broad SMARTS) is 1. The minimum Gasteiger partial charge on any atom is -0.481 e. The normalized spacial score (nSPS) is 17.4. The summed E-state index contributed by atoms with van der Waals surface area (Å²) < 4.78 is 6.01. The topological polar surface area (TPSA) is 97.5 Å². The van der Waals surface area contributed by atoms with E-state index in [2.05, 4.69) is 82.2 Å². The highest BCUT2D eigenvalue weighted by Crippen LogP contribution is 2.44. The number of pyridine rings is 1. The summed E-state index contributed by atoms with van der Waals surface area (Å²) in [6.07, 6.45) is 14.7. The first-order valence-electron chi connectivity index (χ1n) is 19.7. The average Bonchev–Trinajstić information content (AvgIpc) is 3.44. The number of aliphatic carboxylic acids is 1. The van der Waals surface area contributed by atoms with Crippen molar-refractivity contribution >= 4 is 28.6 Å². The molecule has 1 N–H and O–H groups in total. The van der Waals surface area contributed by atoms with Gasteiger partial charge in [-0.05, 0) is 74.2 Å². The predicted molar refractivity (Wildman–Crippen MR) is 210 cm³/mol. The quantitative estimate of drug-likeness (QED) is 0.276. The van der Waals surface area contributed by atoms with Gasteiger partial charge in [0.2, 0.25) is 5.78 Å². The van der Waals surface area contributed by atoms with Gasteiger partial charge >= 0.3 is 5.97 Å². The molecule has 2 saturated carbocycles. The second-order valence-electron chi connectivity index (χ2n) is 18.5. The number of furan rings is 1. The average molecular weight is 698 g/mol. The number of unbranched alkanes of at least 4 members (excludes halogenated alkanes) is 1. The minimum absolute atomic E-state index is 0.00991. The van der Waals surface area contributed by atoms with E-state index in [1.807, 2.05) is 19.9 Å². The minimum atomic E-state index is -0.789. The highest BCUT2D eigenvalue weighted by molar-refractivity contribution is 5.98. The van der Waals surface area contributed by atoms with Crippen molar-refractivity contribution < 1.29 is 23.9 Å². The molecular formula is C44H75NO5. The smallest absolute Gasteiger partial charge is 0.310 e. The van der Waals surface area contributed by atoms with E-state index in [4.69, 9.17) is 14.5 Å². The number of carboxylic acids is 1. The van der Waals surface area contributed by atoms with Crippen LogP contribution in [0.25, 0.3) is 11.1 Å². The molecule has 2 aromatic rings. The molecule has 2 fully saturated rings. The second-order valence-corrected chi connectivity index (χ2v) is 18.5. The SMILES string of the molecule is CC(=O)CC1(C(=O)O)CCCCC1.CC(C)C(=O)c1cc2nc(C3CCC(C)(C)CC3)cc(C(C)(C)C)c2o1.CCCC.CCCC(C)(C)C. The Morgan fingerprint density at radius 1 is 0.880 bits per heavy atom. The molecule has 0 unspecified atom stereocenters. The van der Waals surface area contributed by atoms with E-state index in [1.54, 1.807) is 0 Å². The summed E-state index contributed by atoms with van der Waals surface area (Å²) in [5.74, 6) is 0.117. The van der Waals surface area contributed by atoms with Crippen molar-refractivity contribution in [3.63, 3.8) is 0 Å². The van der Waals surface area contributed by atoms with Gasteiger partial charge in [0.05, 0.1) is 5.41 Å². The zero-order chi connectivity index (χ0) is 38.5. The highest BCUT2D eigenvalue weighted by atomic mass is 16.4. The Labute approximate surface area is 306 Å². The van der Waals surface area contributed by atoms with E-state index in [1.165, 1.54) is 64.0 Å². The summed E-state index contributed by atoms with van der Waals surface area (Å²) in [5, 5.41) is 9.09. The van der Waals surface area contributed by atoms with E-state index < -0.39 is 11.4 Å². The lowest BCUT2D eigenvalue weighted by Crippen LogP contribution is -2.35. The van der Waals surface area contributed by atoms with Gasteiger partial charge in [-0.15, -0.1) is 0 Å². The first-order chi connectivity index (χ1) is 23.0. The van der Waals surface area contributed by atoms with E-state index in [0.29, 0.717) is 35.3 Å². The Kier molecular flexibility index (Phi) is 18.1. The van der Waals surface area contributed by atoms with Crippen LogP contribution in [0.15, 0.2) is 16.5 Å². The van der Waals surface area contributed by atoms with Gasteiger partial charge in [0, 0.05) is 35.6 Å². The fraction of sp³-hybridized carbons (Fsp3) is 0.773. The molecule has 2 heterocycles. The molecule has 286 valence electrons. The zero-order valence-electron chi connectivity index (χ0n) is 34.7. The van der Waals surface area contributed by atoms with Crippen LogP contribution in [0.2, 0.25) is 0 Å². The van der Waals surface area contributed by atoms with Crippen LogP contribution >= 0.6 is 0 Å². The Morgan fingerprint density at radius 2 is 1.42 bits per heavy atom. The molecule has 6 nitrogen and oxygen atoms in total. The molecule has 50 heavy (non-hydrogen) atoms. The van der Waals surface area contributed by atoms with Crippen molar-refractivity contribution in [2.24, 2.45) is 22.2 Å². The molecule has 0 spiro atoms. The van der Waals surface area contributed by atoms with E-state index >= 15 is 0 Å². The highest BCUT2D eigenvalue weighted by Gasteiger charge is 2.40. The van der Waals surface area contributed by atoms with E-state index in [9.17, 15) is 14.4 Å². The van der Waals surface area contributed by atoms with Crippen molar-refractivity contribution in [2.75, 3.05) is 0 Å². The van der Waals surface area contributed by atoms with Crippen molar-refractivity contribution in [1.29, 1.82) is 0 Å². The zero-order valence-corrected chi connectivity index (χ0v) is 34.7. The molecule has 0 atom stereocenters. The molecule has 0 bridgehead atoms. The summed E-state index contributed by atoms with van der Waals surface area (Å²) in [6, 6.07) is 4.08. The Balaban J connectivity index is 0.000000431. The molecule has 0 aromatic carbocycles. The van der Waals surface area contributed by atoms with Crippen LogP contribution in [0.5, 0.6) is 0 Å². The molecular weight excluding hydrogens is 622 g/mol. The van der Waals surface area contributed by atoms with Crippen LogP contribution in [0.1, 0.15) is 215 Å². The third kappa shape index (κ3) is 15.0. The number of nitrogens with zero attached hydrogens (tertiary/aromatic N) is 1. The maximum atomic E-state index is 12.4. The first-order valence-corrected chi connectivity index (χ1v) is 19.7. The molecule has 0 radical (unpaired) electrons. The molecule has 0 amide bonds. The molecule has 0 aliphatic heterocycles. The largest absolute Gasteiger partial charge is 0.481 e. The van der Waals surface area contributed by atoms with Crippen LogP contribution in [0, 0.1) is 22.2 Å². The lowest BCUT2D eigenvalue weighted by molar-refractivity contribution is -0.153. The van der Waals surface area contributed by atoms with Gasteiger partial charge in [0.1, 0.15) is 11.3 Å². The summed E-state index contributed by atoms with van der Waals surface area (Å²) in [7, 11) is 0. The van der Waals surface area contributed by atoms with Crippen LogP contribution in [0.3, 0.4) is 0 Å². The summed E-state index contributed by atoms with van der Waals surface area (Å²) in [5.41, 5.74) is 4.15. The number of rotatable bonds is 8. The number of hydrogen-bond acceptors (Lipinski definition) is 5. The third-order valence-electron chi connectivity index (χ3n) is 10.2. The summed E-state index contributed by atoms with van der Waals surface area (Å²) in [4.78, 5) is 39.4. The van der Waals surface area contributed by atoms with Crippen LogP contribution in [-0.2, 0) is 15.0 Å². The van der Waals surface area contributed by atoms with E-state index in [-0.39, 0.29) is 29.3 Å². The van der Waals surface area contributed by atoms with Gasteiger partial charge in [-0.1, -0.05) is 129 Å². The lowest BCUT2D eigenvalue weighted by Gasteiger charge is -2.34. The Morgan fingerprint density at radius 3 is 1.80 bits per heavy atom. The molecule has 6 heteroatoms. The van der Waals surface area contributed by atoms with Crippen molar-refractivity contribution in [3.05, 3.63) is 29.2 Å². The number of aromatic nitrogens is 1. The Hall–Kier alpha value is -2.50. The predicted octanol–water partition coefficient (Wildman–Crippen LogP) is 13.3. The third-order valence-corrected chi connectivity index (χ3v) is 10.2. The fourth-order valence-corrected chi connectivity index (χ4v) is 6.83. The van der Waals surface area contributed by atoms with E-state index in [0.717, 1.165) is 35.9 Å². The Bertz CT molecular complexity index is 1330. The standard InChI is InChI=1S/C23H33NO2.C10H16O3.C7H16.C4H10/c1-14(2)20(25)19-13-18-21(26-19)16(22(3,4)5)12-17(24-18)15-8-10-23(6,7)11-9-15;1-8(11)7-10(9(12)13)5-3-2-4-6-10;1-5-6-7(2,3)4;1-3-4-2/h12-15H,8-11H2,1-7H3;2-7H2,1H3,(H,12,13);5-6H2,1-4H3;3-4H2,1-2H3. The molecule has 2 aromatic heterocycles. The maximum Gasteiger partial charge on any atom is 0.310 e. The molecule has 0 saturated heterocycles. The van der Waals surface area contributed by atoms with Gasteiger partial charge in [-0.2, -0.15) is 0 Å². The van der Waals surface area contributed by atoms with Crippen LogP contribution in [0.4, 0.5) is 0 Å². The van der Waals surface area contributed by atoms with Gasteiger partial charge in [0.25, 0.3) is 0 Å². The molecule has 2 aliphatic carbocycles. The van der Waals surface area contributed by atoms with Gasteiger partial charge in [-0.25, -0.2) is 4.98 Å². The number of carbonyl (C=O) groups excluding carboxylic acids is 2. The van der Waals surface area contributed by atoms with Gasteiger partial charge < -0.3 is 9.52 Å². The molecule has 4 rings (SSSR count). The van der Waals surface area contributed by atoms with Crippen LogP contribution in [-0.4, -0.2) is 27.6 Å². The van der Waals surface area contributed by atoms with Crippen molar-refractivity contribution in [2.45, 2.75) is 198 Å². The van der Waals surface area contributed by atoms with Gasteiger partial charge in [0.15, 0.2) is 11.3 Å². The number of ketones is 2.